The number of imidazole rings is 1. The molecule has 1 aliphatic heterocycles. The summed E-state index contributed by atoms with van der Waals surface area (Å²) in [6.07, 6.45) is 2.15. The maximum Gasteiger partial charge on any atom is 0.108 e. The predicted molar refractivity (Wildman–Crippen MR) is 105 cm³/mol. The SMILES string of the molecule is CCN(CCc1nc2ccc(C)cc2[nH]1)CC1CC(C(C)(C)C)NN1. The molecule has 3 rings (SSSR count). The average Bonchev–Trinajstić information content (AvgIpc) is 3.16. The second-order valence-corrected chi connectivity index (χ2v) is 8.49. The molecular weight excluding hydrogens is 310 g/mol. The number of hydrogen-bond acceptors (Lipinski definition) is 4. The molecule has 1 fully saturated rings. The van der Waals surface area contributed by atoms with Gasteiger partial charge in [0.1, 0.15) is 5.82 Å². The number of hydrogen-bond donors (Lipinski definition) is 3. The number of hydrazine groups is 1. The van der Waals surface area contributed by atoms with Crippen molar-refractivity contribution in [2.45, 2.75) is 59.5 Å². The van der Waals surface area contributed by atoms with Gasteiger partial charge in [-0.05, 0) is 43.0 Å². The molecule has 2 unspecified atom stereocenters. The predicted octanol–water partition coefficient (Wildman–Crippen LogP) is 3.02. The van der Waals surface area contributed by atoms with E-state index in [2.05, 4.69) is 73.6 Å². The van der Waals surface area contributed by atoms with Crippen molar-refractivity contribution >= 4 is 11.0 Å². The fourth-order valence-electron chi connectivity index (χ4n) is 3.56. The summed E-state index contributed by atoms with van der Waals surface area (Å²) in [5.74, 6) is 1.09. The van der Waals surface area contributed by atoms with Crippen molar-refractivity contribution in [1.29, 1.82) is 0 Å². The van der Waals surface area contributed by atoms with E-state index in [1.165, 1.54) is 12.0 Å². The van der Waals surface area contributed by atoms with Gasteiger partial charge in [-0.25, -0.2) is 4.98 Å². The van der Waals surface area contributed by atoms with Gasteiger partial charge in [-0.3, -0.25) is 10.9 Å². The summed E-state index contributed by atoms with van der Waals surface area (Å²) < 4.78 is 0. The molecule has 138 valence electrons. The van der Waals surface area contributed by atoms with Crippen LogP contribution in [-0.4, -0.2) is 46.6 Å². The minimum absolute atomic E-state index is 0.297. The summed E-state index contributed by atoms with van der Waals surface area (Å²) in [5, 5.41) is 0. The largest absolute Gasteiger partial charge is 0.342 e. The van der Waals surface area contributed by atoms with Crippen molar-refractivity contribution in [2.75, 3.05) is 19.6 Å². The first-order valence-corrected chi connectivity index (χ1v) is 9.54. The molecule has 0 aliphatic carbocycles. The second-order valence-electron chi connectivity index (χ2n) is 8.49. The number of likely N-dealkylation sites (N-methyl/N-ethyl adjacent to an activating group) is 1. The Hall–Kier alpha value is -1.43. The van der Waals surface area contributed by atoms with E-state index in [-0.39, 0.29) is 0 Å². The van der Waals surface area contributed by atoms with Gasteiger partial charge in [0.05, 0.1) is 11.0 Å². The van der Waals surface area contributed by atoms with Gasteiger partial charge in [-0.1, -0.05) is 33.8 Å². The summed E-state index contributed by atoms with van der Waals surface area (Å²) in [5.41, 5.74) is 10.7. The fraction of sp³-hybridized carbons (Fsp3) is 0.650. The van der Waals surface area contributed by atoms with Gasteiger partial charge < -0.3 is 9.88 Å². The van der Waals surface area contributed by atoms with Gasteiger partial charge in [-0.15, -0.1) is 0 Å². The van der Waals surface area contributed by atoms with Crippen molar-refractivity contribution in [3.63, 3.8) is 0 Å². The lowest BCUT2D eigenvalue weighted by Gasteiger charge is -2.26. The zero-order valence-corrected chi connectivity index (χ0v) is 16.3. The summed E-state index contributed by atoms with van der Waals surface area (Å²) >= 11 is 0. The standard InChI is InChI=1S/C20H33N5/c1-6-25(13-15-12-18(24-23-15)20(3,4)5)10-9-19-21-16-8-7-14(2)11-17(16)22-19/h7-8,11,15,18,23-24H,6,9-10,12-13H2,1-5H3,(H,21,22). The number of nitrogens with one attached hydrogen (secondary N) is 3. The minimum atomic E-state index is 0.297. The van der Waals surface area contributed by atoms with Crippen molar-refractivity contribution in [3.8, 4) is 0 Å². The molecule has 2 aromatic rings. The molecule has 0 spiro atoms. The molecule has 0 amide bonds. The van der Waals surface area contributed by atoms with Crippen LogP contribution in [0.5, 0.6) is 0 Å². The van der Waals surface area contributed by atoms with E-state index in [0.29, 0.717) is 17.5 Å². The third-order valence-corrected chi connectivity index (χ3v) is 5.30. The van der Waals surface area contributed by atoms with Gasteiger partial charge in [0.25, 0.3) is 0 Å². The minimum Gasteiger partial charge on any atom is -0.342 e. The van der Waals surface area contributed by atoms with Gasteiger partial charge in [0.2, 0.25) is 0 Å². The van der Waals surface area contributed by atoms with Crippen LogP contribution in [0.25, 0.3) is 11.0 Å². The highest BCUT2D eigenvalue weighted by Gasteiger charge is 2.33. The van der Waals surface area contributed by atoms with Gasteiger partial charge >= 0.3 is 0 Å². The summed E-state index contributed by atoms with van der Waals surface area (Å²) in [7, 11) is 0. The number of aromatic nitrogens is 2. The topological polar surface area (TPSA) is 56.0 Å². The number of benzene rings is 1. The number of H-pyrrole nitrogens is 1. The molecule has 2 atom stereocenters. The van der Waals surface area contributed by atoms with Crippen molar-refractivity contribution in [2.24, 2.45) is 5.41 Å². The molecule has 1 saturated heterocycles. The Morgan fingerprint density at radius 2 is 2.04 bits per heavy atom. The molecule has 0 radical (unpaired) electrons. The van der Waals surface area contributed by atoms with Gasteiger partial charge in [-0.2, -0.15) is 0 Å². The Balaban J connectivity index is 1.53. The van der Waals surface area contributed by atoms with Crippen LogP contribution in [0.4, 0.5) is 0 Å². The van der Waals surface area contributed by atoms with Crippen molar-refractivity contribution in [1.82, 2.24) is 25.7 Å². The number of aromatic amines is 1. The number of aryl methyl sites for hydroxylation is 1. The first kappa shape index (κ1) is 18.4. The molecular formula is C20H33N5. The van der Waals surface area contributed by atoms with E-state index in [1.807, 2.05) is 0 Å². The smallest absolute Gasteiger partial charge is 0.108 e. The fourth-order valence-corrected chi connectivity index (χ4v) is 3.56. The highest BCUT2D eigenvalue weighted by molar-refractivity contribution is 5.75. The lowest BCUT2D eigenvalue weighted by Crippen LogP contribution is -2.42. The quantitative estimate of drug-likeness (QED) is 0.755. The van der Waals surface area contributed by atoms with Gasteiger partial charge in [0, 0.05) is 31.6 Å². The van der Waals surface area contributed by atoms with Crippen LogP contribution >= 0.6 is 0 Å². The normalized spacial score (nSPS) is 21.5. The van der Waals surface area contributed by atoms with E-state index in [1.54, 1.807) is 0 Å². The molecule has 5 nitrogen and oxygen atoms in total. The van der Waals surface area contributed by atoms with E-state index in [0.717, 1.165) is 42.9 Å². The highest BCUT2D eigenvalue weighted by atomic mass is 15.4. The molecule has 1 aromatic heterocycles. The molecule has 1 aliphatic rings. The maximum absolute atomic E-state index is 4.73. The monoisotopic (exact) mass is 343 g/mol. The zero-order valence-electron chi connectivity index (χ0n) is 16.3. The van der Waals surface area contributed by atoms with Crippen LogP contribution in [-0.2, 0) is 6.42 Å². The van der Waals surface area contributed by atoms with Crippen molar-refractivity contribution in [3.05, 3.63) is 29.6 Å². The van der Waals surface area contributed by atoms with E-state index in [9.17, 15) is 0 Å². The summed E-state index contributed by atoms with van der Waals surface area (Å²) in [6, 6.07) is 7.44. The van der Waals surface area contributed by atoms with Crippen LogP contribution in [0.15, 0.2) is 18.2 Å². The number of fused-ring (bicyclic) bond motifs is 1. The summed E-state index contributed by atoms with van der Waals surface area (Å²) in [4.78, 5) is 10.7. The van der Waals surface area contributed by atoms with Crippen LogP contribution in [0.2, 0.25) is 0 Å². The van der Waals surface area contributed by atoms with Crippen LogP contribution in [0.3, 0.4) is 0 Å². The molecule has 5 heteroatoms. The number of nitrogens with zero attached hydrogens (tertiary/aromatic N) is 2. The Kier molecular flexibility index (Phi) is 5.46. The number of rotatable bonds is 6. The van der Waals surface area contributed by atoms with Crippen molar-refractivity contribution < 1.29 is 0 Å². The first-order valence-electron chi connectivity index (χ1n) is 9.54. The third-order valence-electron chi connectivity index (χ3n) is 5.30. The zero-order chi connectivity index (χ0) is 18.0. The van der Waals surface area contributed by atoms with Crippen LogP contribution < -0.4 is 10.9 Å². The first-order chi connectivity index (χ1) is 11.8. The lowest BCUT2D eigenvalue weighted by atomic mass is 9.84. The molecule has 3 N–H and O–H groups in total. The third kappa shape index (κ3) is 4.60. The molecule has 2 heterocycles. The Labute approximate surface area is 151 Å². The average molecular weight is 344 g/mol. The summed E-state index contributed by atoms with van der Waals surface area (Å²) in [6.45, 7) is 14.4. The Bertz CT molecular complexity index is 700. The van der Waals surface area contributed by atoms with E-state index < -0.39 is 0 Å². The van der Waals surface area contributed by atoms with E-state index in [4.69, 9.17) is 4.98 Å². The van der Waals surface area contributed by atoms with Crippen LogP contribution in [0.1, 0.15) is 45.5 Å². The van der Waals surface area contributed by atoms with E-state index >= 15 is 0 Å². The molecule has 0 bridgehead atoms. The molecule has 25 heavy (non-hydrogen) atoms. The molecule has 0 saturated carbocycles. The Morgan fingerprint density at radius 3 is 2.72 bits per heavy atom. The molecule has 1 aromatic carbocycles. The lowest BCUT2D eigenvalue weighted by molar-refractivity contribution is 0.257. The Morgan fingerprint density at radius 1 is 1.24 bits per heavy atom. The van der Waals surface area contributed by atoms with Crippen LogP contribution in [0, 0.1) is 12.3 Å². The highest BCUT2D eigenvalue weighted by Crippen LogP contribution is 2.25. The maximum atomic E-state index is 4.73. The second kappa shape index (κ2) is 7.44. The van der Waals surface area contributed by atoms with Gasteiger partial charge in [0.15, 0.2) is 0 Å².